The van der Waals surface area contributed by atoms with Crippen molar-refractivity contribution in [3.8, 4) is 0 Å². The molecule has 0 spiro atoms. The number of aliphatic carboxylic acids is 1. The van der Waals surface area contributed by atoms with Gasteiger partial charge in [-0.3, -0.25) is 4.79 Å². The molecule has 2 aliphatic rings. The third-order valence-corrected chi connectivity index (χ3v) is 5.17. The molecule has 2 fully saturated rings. The molecule has 1 aromatic rings. The maximum atomic E-state index is 12.5. The second-order valence-electron chi connectivity index (χ2n) is 6.17. The Hall–Kier alpha value is -1.46. The molecule has 2 amide bonds. The highest BCUT2D eigenvalue weighted by atomic mass is 35.5. The maximum absolute atomic E-state index is 12.5. The molecule has 5 nitrogen and oxygen atoms in total. The Labute approximate surface area is 144 Å². The minimum atomic E-state index is -0.854. The van der Waals surface area contributed by atoms with Gasteiger partial charge in [-0.2, -0.15) is 0 Å². The molecule has 1 saturated heterocycles. The van der Waals surface area contributed by atoms with Crippen molar-refractivity contribution in [2.24, 2.45) is 11.8 Å². The van der Waals surface area contributed by atoms with E-state index in [9.17, 15) is 9.59 Å². The third-order valence-electron chi connectivity index (χ3n) is 4.51. The van der Waals surface area contributed by atoms with Crippen LogP contribution in [0.2, 0.25) is 10.0 Å². The number of urea groups is 1. The summed E-state index contributed by atoms with van der Waals surface area (Å²) < 4.78 is 0. The van der Waals surface area contributed by atoms with E-state index in [1.54, 1.807) is 23.1 Å². The van der Waals surface area contributed by atoms with Gasteiger partial charge in [0, 0.05) is 28.7 Å². The topological polar surface area (TPSA) is 69.6 Å². The SMILES string of the molecule is O=C(O)C1CCN(C(=O)NC(c2c(Cl)cccc2Cl)C2CC2)C1. The molecule has 1 saturated carbocycles. The molecular weight excluding hydrogens is 339 g/mol. The monoisotopic (exact) mass is 356 g/mol. The van der Waals surface area contributed by atoms with Crippen LogP contribution in [0.1, 0.15) is 30.9 Å². The molecule has 1 aliphatic heterocycles. The Kier molecular flexibility index (Phi) is 4.69. The molecule has 1 aliphatic carbocycles. The van der Waals surface area contributed by atoms with Crippen molar-refractivity contribution in [3.05, 3.63) is 33.8 Å². The van der Waals surface area contributed by atoms with Crippen molar-refractivity contribution in [1.29, 1.82) is 0 Å². The second kappa shape index (κ2) is 6.57. The first-order valence-electron chi connectivity index (χ1n) is 7.69. The van der Waals surface area contributed by atoms with Crippen molar-refractivity contribution in [1.82, 2.24) is 10.2 Å². The molecule has 1 heterocycles. The smallest absolute Gasteiger partial charge is 0.317 e. The van der Waals surface area contributed by atoms with E-state index in [4.69, 9.17) is 28.3 Å². The van der Waals surface area contributed by atoms with E-state index in [0.717, 1.165) is 18.4 Å². The molecule has 3 rings (SSSR count). The molecule has 0 radical (unpaired) electrons. The lowest BCUT2D eigenvalue weighted by molar-refractivity contribution is -0.141. The van der Waals surface area contributed by atoms with E-state index >= 15 is 0 Å². The molecule has 124 valence electrons. The fraction of sp³-hybridized carbons (Fsp3) is 0.500. The predicted octanol–water partition coefficient (Wildman–Crippen LogP) is 3.56. The molecular formula is C16H18Cl2N2O3. The summed E-state index contributed by atoms with van der Waals surface area (Å²) in [5.41, 5.74) is 0.751. The van der Waals surface area contributed by atoms with Crippen LogP contribution in [-0.4, -0.2) is 35.1 Å². The van der Waals surface area contributed by atoms with E-state index in [2.05, 4.69) is 5.32 Å². The van der Waals surface area contributed by atoms with Crippen LogP contribution in [0.3, 0.4) is 0 Å². The largest absolute Gasteiger partial charge is 0.481 e. The Bertz CT molecular complexity index is 614. The Morgan fingerprint density at radius 2 is 1.87 bits per heavy atom. The van der Waals surface area contributed by atoms with Crippen LogP contribution in [0.15, 0.2) is 18.2 Å². The number of carboxylic acids is 1. The van der Waals surface area contributed by atoms with Gasteiger partial charge in [0.05, 0.1) is 12.0 Å². The highest BCUT2D eigenvalue weighted by Gasteiger charge is 2.38. The van der Waals surface area contributed by atoms with E-state index in [1.165, 1.54) is 0 Å². The highest BCUT2D eigenvalue weighted by Crippen LogP contribution is 2.45. The summed E-state index contributed by atoms with van der Waals surface area (Å²) in [6, 6.07) is 4.83. The van der Waals surface area contributed by atoms with Crippen LogP contribution >= 0.6 is 23.2 Å². The quantitative estimate of drug-likeness (QED) is 0.866. The van der Waals surface area contributed by atoms with Gasteiger partial charge in [-0.25, -0.2) is 4.79 Å². The third kappa shape index (κ3) is 3.56. The molecule has 1 aromatic carbocycles. The van der Waals surface area contributed by atoms with Gasteiger partial charge < -0.3 is 15.3 Å². The molecule has 2 unspecified atom stereocenters. The predicted molar refractivity (Wildman–Crippen MR) is 87.8 cm³/mol. The van der Waals surface area contributed by atoms with Gasteiger partial charge in [-0.05, 0) is 37.3 Å². The molecule has 23 heavy (non-hydrogen) atoms. The van der Waals surface area contributed by atoms with Gasteiger partial charge in [0.1, 0.15) is 0 Å². The Morgan fingerprint density at radius 1 is 1.22 bits per heavy atom. The lowest BCUT2D eigenvalue weighted by Gasteiger charge is -2.25. The molecule has 2 atom stereocenters. The average molecular weight is 357 g/mol. The number of hydrogen-bond acceptors (Lipinski definition) is 2. The van der Waals surface area contributed by atoms with E-state index in [-0.39, 0.29) is 18.6 Å². The number of amides is 2. The number of nitrogens with zero attached hydrogens (tertiary/aromatic N) is 1. The van der Waals surface area contributed by atoms with Crippen molar-refractivity contribution < 1.29 is 14.7 Å². The second-order valence-corrected chi connectivity index (χ2v) is 6.98. The van der Waals surface area contributed by atoms with Crippen LogP contribution in [0, 0.1) is 11.8 Å². The Balaban J connectivity index is 1.74. The zero-order valence-electron chi connectivity index (χ0n) is 12.5. The van der Waals surface area contributed by atoms with Crippen LogP contribution < -0.4 is 5.32 Å². The van der Waals surface area contributed by atoms with Gasteiger partial charge in [-0.15, -0.1) is 0 Å². The summed E-state index contributed by atoms with van der Waals surface area (Å²) >= 11 is 12.6. The first kappa shape index (κ1) is 16.4. The fourth-order valence-electron chi connectivity index (χ4n) is 3.03. The summed E-state index contributed by atoms with van der Waals surface area (Å²) in [6.07, 6.45) is 2.53. The van der Waals surface area contributed by atoms with Crippen molar-refractivity contribution in [3.63, 3.8) is 0 Å². The average Bonchev–Trinajstić information content (AvgIpc) is 3.21. The maximum Gasteiger partial charge on any atom is 0.317 e. The Morgan fingerprint density at radius 3 is 2.39 bits per heavy atom. The molecule has 7 heteroatoms. The minimum Gasteiger partial charge on any atom is -0.481 e. The van der Waals surface area contributed by atoms with Crippen molar-refractivity contribution >= 4 is 35.2 Å². The van der Waals surface area contributed by atoms with Crippen LogP contribution in [0.5, 0.6) is 0 Å². The van der Waals surface area contributed by atoms with Gasteiger partial charge in [0.15, 0.2) is 0 Å². The number of likely N-dealkylation sites (tertiary alicyclic amines) is 1. The first-order chi connectivity index (χ1) is 11.0. The molecule has 2 N–H and O–H groups in total. The number of rotatable bonds is 4. The zero-order chi connectivity index (χ0) is 16.6. The summed E-state index contributed by atoms with van der Waals surface area (Å²) in [7, 11) is 0. The van der Waals surface area contributed by atoms with E-state index in [0.29, 0.717) is 28.9 Å². The van der Waals surface area contributed by atoms with Gasteiger partial charge in [0.2, 0.25) is 0 Å². The number of carbonyl (C=O) groups excluding carboxylic acids is 1. The van der Waals surface area contributed by atoms with Gasteiger partial charge in [0.25, 0.3) is 0 Å². The molecule has 0 bridgehead atoms. The minimum absolute atomic E-state index is 0.229. The highest BCUT2D eigenvalue weighted by molar-refractivity contribution is 6.36. The van der Waals surface area contributed by atoms with Gasteiger partial charge >= 0.3 is 12.0 Å². The lowest BCUT2D eigenvalue weighted by atomic mass is 10.0. The van der Waals surface area contributed by atoms with Gasteiger partial charge in [-0.1, -0.05) is 29.3 Å². The summed E-state index contributed by atoms with van der Waals surface area (Å²) in [6.45, 7) is 0.700. The number of hydrogen-bond donors (Lipinski definition) is 2. The number of benzene rings is 1. The standard InChI is InChI=1S/C16H18Cl2N2O3/c17-11-2-1-3-12(18)13(11)14(9-4-5-9)19-16(23)20-7-6-10(8-20)15(21)22/h1-3,9-10,14H,4-8H2,(H,19,23)(H,21,22). The van der Waals surface area contributed by atoms with Crippen LogP contribution in [0.4, 0.5) is 4.79 Å². The molecule has 0 aromatic heterocycles. The summed E-state index contributed by atoms with van der Waals surface area (Å²) in [5, 5.41) is 13.1. The van der Waals surface area contributed by atoms with Crippen molar-refractivity contribution in [2.45, 2.75) is 25.3 Å². The number of nitrogens with one attached hydrogen (secondary N) is 1. The fourth-order valence-corrected chi connectivity index (χ4v) is 3.67. The summed E-state index contributed by atoms with van der Waals surface area (Å²) in [4.78, 5) is 25.1. The number of halogens is 2. The van der Waals surface area contributed by atoms with E-state index in [1.807, 2.05) is 0 Å². The summed E-state index contributed by atoms with van der Waals surface area (Å²) in [5.74, 6) is -1.01. The zero-order valence-corrected chi connectivity index (χ0v) is 14.0. The lowest BCUT2D eigenvalue weighted by Crippen LogP contribution is -2.41. The normalized spacial score (nSPS) is 22.0. The number of carboxylic acid groups (broad SMARTS) is 1. The van der Waals surface area contributed by atoms with Crippen molar-refractivity contribution in [2.75, 3.05) is 13.1 Å². The van der Waals surface area contributed by atoms with Crippen LogP contribution in [0.25, 0.3) is 0 Å². The van der Waals surface area contributed by atoms with E-state index < -0.39 is 11.9 Å². The first-order valence-corrected chi connectivity index (χ1v) is 8.45. The number of carbonyl (C=O) groups is 2. The van der Waals surface area contributed by atoms with Crippen LogP contribution in [-0.2, 0) is 4.79 Å².